The molecule has 1 aromatic rings. The van der Waals surface area contributed by atoms with Crippen LogP contribution in [0.1, 0.15) is 46.5 Å². The largest absolute Gasteiger partial charge is 0.355 e. The summed E-state index contributed by atoms with van der Waals surface area (Å²) < 4.78 is 0. The van der Waals surface area contributed by atoms with Gasteiger partial charge in [0.05, 0.1) is 5.75 Å². The Morgan fingerprint density at radius 3 is 2.75 bits per heavy atom. The third-order valence-electron chi connectivity index (χ3n) is 4.58. The number of amides is 2. The molecule has 0 unspecified atom stereocenters. The van der Waals surface area contributed by atoms with Crippen LogP contribution in [0, 0.1) is 0 Å². The first-order valence-electron chi connectivity index (χ1n) is 9.93. The second-order valence-corrected chi connectivity index (χ2v) is 8.29. The van der Waals surface area contributed by atoms with Gasteiger partial charge in [-0.05, 0) is 19.8 Å². The van der Waals surface area contributed by atoms with E-state index >= 15 is 0 Å². The van der Waals surface area contributed by atoms with E-state index in [0.717, 1.165) is 25.1 Å². The number of carbonyl (C=O) groups excluding carboxylic acids is 2. The smallest absolute Gasteiger partial charge is 0.230 e. The highest BCUT2D eigenvalue weighted by Gasteiger charge is 2.28. The van der Waals surface area contributed by atoms with E-state index in [2.05, 4.69) is 34.0 Å². The highest BCUT2D eigenvalue weighted by molar-refractivity contribution is 7.99. The van der Waals surface area contributed by atoms with Crippen molar-refractivity contribution in [2.45, 2.75) is 57.7 Å². The van der Waals surface area contributed by atoms with Crippen molar-refractivity contribution in [1.82, 2.24) is 20.2 Å². The van der Waals surface area contributed by atoms with E-state index in [1.54, 1.807) is 6.07 Å². The van der Waals surface area contributed by atoms with Crippen molar-refractivity contribution in [3.05, 3.63) is 11.2 Å². The van der Waals surface area contributed by atoms with Crippen LogP contribution >= 0.6 is 23.4 Å². The number of rotatable bonds is 9. The van der Waals surface area contributed by atoms with Gasteiger partial charge >= 0.3 is 0 Å². The van der Waals surface area contributed by atoms with Crippen molar-refractivity contribution in [3.63, 3.8) is 0 Å². The number of anilines is 1. The maximum atomic E-state index is 12.2. The van der Waals surface area contributed by atoms with E-state index in [0.29, 0.717) is 42.9 Å². The number of thioether (sulfide) groups is 1. The van der Waals surface area contributed by atoms with Crippen LogP contribution in [0.4, 0.5) is 5.82 Å². The van der Waals surface area contributed by atoms with Gasteiger partial charge in [-0.15, -0.1) is 0 Å². The Labute approximate surface area is 176 Å². The van der Waals surface area contributed by atoms with Crippen molar-refractivity contribution in [2.75, 3.05) is 36.8 Å². The SMILES string of the molecule is CCCCNC(=O)CSc1nc(Cl)cc(N2CCN(C(=O)CCC)[C@@H](C)C2)n1. The molecule has 1 aliphatic heterocycles. The van der Waals surface area contributed by atoms with Crippen LogP contribution in [0.5, 0.6) is 0 Å². The summed E-state index contributed by atoms with van der Waals surface area (Å²) in [7, 11) is 0. The quantitative estimate of drug-likeness (QED) is 0.282. The number of aromatic nitrogens is 2. The first-order valence-corrected chi connectivity index (χ1v) is 11.3. The fraction of sp³-hybridized carbons (Fsp3) is 0.684. The van der Waals surface area contributed by atoms with E-state index < -0.39 is 0 Å². The molecule has 0 spiro atoms. The summed E-state index contributed by atoms with van der Waals surface area (Å²) in [5.74, 6) is 1.18. The summed E-state index contributed by atoms with van der Waals surface area (Å²) >= 11 is 7.47. The second-order valence-electron chi connectivity index (χ2n) is 6.96. The maximum Gasteiger partial charge on any atom is 0.230 e. The van der Waals surface area contributed by atoms with Gasteiger partial charge in [-0.2, -0.15) is 0 Å². The summed E-state index contributed by atoms with van der Waals surface area (Å²) in [4.78, 5) is 37.0. The lowest BCUT2D eigenvalue weighted by atomic mass is 10.1. The Kier molecular flexibility index (Phi) is 9.31. The van der Waals surface area contributed by atoms with Gasteiger partial charge in [0.2, 0.25) is 11.8 Å². The monoisotopic (exact) mass is 427 g/mol. The topological polar surface area (TPSA) is 78.4 Å². The zero-order chi connectivity index (χ0) is 20.5. The first kappa shape index (κ1) is 22.7. The zero-order valence-corrected chi connectivity index (χ0v) is 18.5. The van der Waals surface area contributed by atoms with E-state index in [9.17, 15) is 9.59 Å². The molecule has 1 aliphatic rings. The van der Waals surface area contributed by atoms with E-state index in [1.807, 2.05) is 11.8 Å². The van der Waals surface area contributed by atoms with Crippen molar-refractivity contribution >= 4 is 41.0 Å². The Morgan fingerprint density at radius 1 is 1.29 bits per heavy atom. The number of unbranched alkanes of at least 4 members (excludes halogenated alkanes) is 1. The summed E-state index contributed by atoms with van der Waals surface area (Å²) in [5, 5.41) is 3.73. The van der Waals surface area contributed by atoms with Crippen LogP contribution in [-0.2, 0) is 9.59 Å². The standard InChI is InChI=1S/C19H30ClN5O2S/c1-4-6-8-21-17(26)13-28-19-22-15(20)11-16(23-19)24-9-10-25(14(3)12-24)18(27)7-5-2/h11,14H,4-10,12-13H2,1-3H3,(H,21,26)/t14-/m0/s1. The Balaban J connectivity index is 1.96. The van der Waals surface area contributed by atoms with Gasteiger partial charge in [0.1, 0.15) is 11.0 Å². The van der Waals surface area contributed by atoms with Crippen molar-refractivity contribution in [2.24, 2.45) is 0 Å². The molecule has 0 radical (unpaired) electrons. The molecule has 156 valence electrons. The zero-order valence-electron chi connectivity index (χ0n) is 16.9. The van der Waals surface area contributed by atoms with Gasteiger partial charge in [0.15, 0.2) is 5.16 Å². The van der Waals surface area contributed by atoms with Crippen molar-refractivity contribution < 1.29 is 9.59 Å². The van der Waals surface area contributed by atoms with Gasteiger partial charge in [-0.1, -0.05) is 43.6 Å². The number of halogens is 1. The molecule has 0 saturated carbocycles. The van der Waals surface area contributed by atoms with Crippen molar-refractivity contribution in [3.8, 4) is 0 Å². The summed E-state index contributed by atoms with van der Waals surface area (Å²) in [6.45, 7) is 8.92. The molecule has 1 saturated heterocycles. The molecule has 1 aromatic heterocycles. The summed E-state index contributed by atoms with van der Waals surface area (Å²) in [6, 6.07) is 1.85. The predicted molar refractivity (Wildman–Crippen MR) is 114 cm³/mol. The number of piperazine rings is 1. The molecule has 1 fully saturated rings. The average molecular weight is 428 g/mol. The predicted octanol–water partition coefficient (Wildman–Crippen LogP) is 2.98. The van der Waals surface area contributed by atoms with Crippen molar-refractivity contribution in [1.29, 1.82) is 0 Å². The summed E-state index contributed by atoms with van der Waals surface area (Å²) in [6.07, 6.45) is 3.47. The fourth-order valence-electron chi connectivity index (χ4n) is 3.09. The van der Waals surface area contributed by atoms with E-state index in [-0.39, 0.29) is 23.6 Å². The minimum atomic E-state index is -0.0275. The molecule has 2 rings (SSSR count). The Bertz CT molecular complexity index is 676. The molecule has 7 nitrogen and oxygen atoms in total. The highest BCUT2D eigenvalue weighted by Crippen LogP contribution is 2.24. The van der Waals surface area contributed by atoms with Gasteiger partial charge in [-0.25, -0.2) is 9.97 Å². The molecule has 9 heteroatoms. The molecule has 2 heterocycles. The van der Waals surface area contributed by atoms with Crippen LogP contribution in [-0.4, -0.2) is 64.7 Å². The number of nitrogens with one attached hydrogen (secondary N) is 1. The maximum absolute atomic E-state index is 12.2. The lowest BCUT2D eigenvalue weighted by Crippen LogP contribution is -2.54. The van der Waals surface area contributed by atoms with Crippen LogP contribution in [0.2, 0.25) is 5.15 Å². The lowest BCUT2D eigenvalue weighted by Gasteiger charge is -2.40. The molecular formula is C19H30ClN5O2S. The molecular weight excluding hydrogens is 398 g/mol. The molecule has 0 bridgehead atoms. The number of hydrogen-bond donors (Lipinski definition) is 1. The van der Waals surface area contributed by atoms with Gasteiger partial charge in [0, 0.05) is 44.7 Å². The normalized spacial score (nSPS) is 16.9. The Hall–Kier alpha value is -1.54. The fourth-order valence-corrected chi connectivity index (χ4v) is 4.00. The minimum Gasteiger partial charge on any atom is -0.355 e. The van der Waals surface area contributed by atoms with Crippen LogP contribution < -0.4 is 10.2 Å². The molecule has 1 N–H and O–H groups in total. The number of carbonyl (C=O) groups is 2. The van der Waals surface area contributed by atoms with E-state index in [4.69, 9.17) is 11.6 Å². The van der Waals surface area contributed by atoms with E-state index in [1.165, 1.54) is 11.8 Å². The van der Waals surface area contributed by atoms with Crippen LogP contribution in [0.15, 0.2) is 11.2 Å². The molecule has 1 atom stereocenters. The molecule has 2 amide bonds. The lowest BCUT2D eigenvalue weighted by molar-refractivity contribution is -0.133. The molecule has 28 heavy (non-hydrogen) atoms. The minimum absolute atomic E-state index is 0.0275. The Morgan fingerprint density at radius 2 is 2.07 bits per heavy atom. The number of nitrogens with zero attached hydrogens (tertiary/aromatic N) is 4. The molecule has 0 aromatic carbocycles. The first-order chi connectivity index (χ1) is 13.4. The third kappa shape index (κ3) is 6.81. The number of hydrogen-bond acceptors (Lipinski definition) is 6. The van der Waals surface area contributed by atoms with Gasteiger partial charge in [-0.3, -0.25) is 9.59 Å². The highest BCUT2D eigenvalue weighted by atomic mass is 35.5. The molecule has 0 aliphatic carbocycles. The average Bonchev–Trinajstić information content (AvgIpc) is 2.66. The van der Waals surface area contributed by atoms with Crippen LogP contribution in [0.3, 0.4) is 0 Å². The van der Waals surface area contributed by atoms with Crippen LogP contribution in [0.25, 0.3) is 0 Å². The van der Waals surface area contributed by atoms with Gasteiger partial charge < -0.3 is 15.1 Å². The van der Waals surface area contributed by atoms with Gasteiger partial charge in [0.25, 0.3) is 0 Å². The third-order valence-corrected chi connectivity index (χ3v) is 5.62. The summed E-state index contributed by atoms with van der Waals surface area (Å²) in [5.41, 5.74) is 0. The second kappa shape index (κ2) is 11.5.